The summed E-state index contributed by atoms with van der Waals surface area (Å²) in [5.74, 6) is -1.14. The summed E-state index contributed by atoms with van der Waals surface area (Å²) in [5, 5.41) is 0. The van der Waals surface area contributed by atoms with E-state index in [0.717, 1.165) is 0 Å². The maximum absolute atomic E-state index is 12.8. The minimum Gasteiger partial charge on any atom is -0.342 e. The van der Waals surface area contributed by atoms with Crippen molar-refractivity contribution in [3.63, 3.8) is 0 Å². The Morgan fingerprint density at radius 1 is 1.12 bits per heavy atom. The molecule has 1 aliphatic heterocycles. The molecule has 6 nitrogen and oxygen atoms in total. The zero-order valence-electron chi connectivity index (χ0n) is 14.5. The van der Waals surface area contributed by atoms with Gasteiger partial charge in [0, 0.05) is 24.9 Å². The highest BCUT2D eigenvalue weighted by Crippen LogP contribution is 2.18. The maximum Gasteiger partial charge on any atom is 0.242 e. The van der Waals surface area contributed by atoms with Crippen molar-refractivity contribution in [2.24, 2.45) is 11.8 Å². The summed E-state index contributed by atoms with van der Waals surface area (Å²) in [4.78, 5) is 37.7. The van der Waals surface area contributed by atoms with Gasteiger partial charge in [-0.2, -0.15) is 0 Å². The molecule has 25 heavy (non-hydrogen) atoms. The zero-order chi connectivity index (χ0) is 18.4. The number of likely N-dealkylation sites (tertiary alicyclic amines) is 1. The first-order valence-electron chi connectivity index (χ1n) is 8.48. The van der Waals surface area contributed by atoms with Crippen LogP contribution in [0.1, 0.15) is 32.3 Å². The SMILES string of the molecule is CC(C)C(=O)N1CCC(C(=O)NNC(=O)Cc2ccc(F)cc2)CC1. The molecular weight excluding hydrogens is 325 g/mol. The molecule has 1 saturated heterocycles. The lowest BCUT2D eigenvalue weighted by atomic mass is 9.95. The van der Waals surface area contributed by atoms with Gasteiger partial charge >= 0.3 is 0 Å². The number of benzene rings is 1. The number of rotatable bonds is 4. The van der Waals surface area contributed by atoms with Gasteiger partial charge in [0.2, 0.25) is 17.7 Å². The fourth-order valence-corrected chi connectivity index (χ4v) is 2.79. The van der Waals surface area contributed by atoms with Gasteiger partial charge in [-0.1, -0.05) is 26.0 Å². The second-order valence-corrected chi connectivity index (χ2v) is 6.59. The molecule has 2 rings (SSSR count). The zero-order valence-corrected chi connectivity index (χ0v) is 14.5. The van der Waals surface area contributed by atoms with Gasteiger partial charge in [-0.25, -0.2) is 4.39 Å². The number of hydrogen-bond donors (Lipinski definition) is 2. The smallest absolute Gasteiger partial charge is 0.242 e. The Bertz CT molecular complexity index is 623. The van der Waals surface area contributed by atoms with Crippen LogP contribution in [0.3, 0.4) is 0 Å². The number of carbonyl (C=O) groups excluding carboxylic acids is 3. The van der Waals surface area contributed by atoms with Crippen molar-refractivity contribution in [1.82, 2.24) is 15.8 Å². The van der Waals surface area contributed by atoms with Crippen molar-refractivity contribution in [2.75, 3.05) is 13.1 Å². The first-order chi connectivity index (χ1) is 11.9. The average molecular weight is 349 g/mol. The number of nitrogens with zero attached hydrogens (tertiary/aromatic N) is 1. The first-order valence-corrected chi connectivity index (χ1v) is 8.48. The fraction of sp³-hybridized carbons (Fsp3) is 0.500. The molecule has 1 aliphatic rings. The summed E-state index contributed by atoms with van der Waals surface area (Å²) in [6, 6.07) is 5.62. The summed E-state index contributed by atoms with van der Waals surface area (Å²) in [7, 11) is 0. The Hall–Kier alpha value is -2.44. The Morgan fingerprint density at radius 3 is 2.28 bits per heavy atom. The van der Waals surface area contributed by atoms with Crippen LogP contribution in [0.15, 0.2) is 24.3 Å². The third-order valence-corrected chi connectivity index (χ3v) is 4.27. The molecule has 0 spiro atoms. The van der Waals surface area contributed by atoms with E-state index in [1.807, 2.05) is 13.8 Å². The topological polar surface area (TPSA) is 78.5 Å². The molecule has 3 amide bonds. The van der Waals surface area contributed by atoms with Crippen LogP contribution in [0.5, 0.6) is 0 Å². The molecule has 0 radical (unpaired) electrons. The lowest BCUT2D eigenvalue weighted by Crippen LogP contribution is -2.49. The van der Waals surface area contributed by atoms with E-state index in [-0.39, 0.29) is 41.8 Å². The normalized spacial score (nSPS) is 15.1. The van der Waals surface area contributed by atoms with Gasteiger partial charge in [-0.3, -0.25) is 25.2 Å². The van der Waals surface area contributed by atoms with Crippen molar-refractivity contribution in [3.05, 3.63) is 35.6 Å². The fourth-order valence-electron chi connectivity index (χ4n) is 2.79. The average Bonchev–Trinajstić information content (AvgIpc) is 2.61. The predicted octanol–water partition coefficient (Wildman–Crippen LogP) is 1.41. The summed E-state index contributed by atoms with van der Waals surface area (Å²) in [6.45, 7) is 4.83. The van der Waals surface area contributed by atoms with Gasteiger partial charge in [-0.15, -0.1) is 0 Å². The van der Waals surface area contributed by atoms with Crippen LogP contribution in [0.2, 0.25) is 0 Å². The van der Waals surface area contributed by atoms with Gasteiger partial charge in [0.15, 0.2) is 0 Å². The van der Waals surface area contributed by atoms with Crippen molar-refractivity contribution >= 4 is 17.7 Å². The largest absolute Gasteiger partial charge is 0.342 e. The van der Waals surface area contributed by atoms with Crippen LogP contribution >= 0.6 is 0 Å². The molecule has 7 heteroatoms. The summed E-state index contributed by atoms with van der Waals surface area (Å²) < 4.78 is 12.8. The van der Waals surface area contributed by atoms with Crippen LogP contribution in [0, 0.1) is 17.7 Å². The first kappa shape index (κ1) is 18.9. The number of hydrazine groups is 1. The predicted molar refractivity (Wildman–Crippen MR) is 90.5 cm³/mol. The molecule has 136 valence electrons. The van der Waals surface area contributed by atoms with Gasteiger partial charge in [-0.05, 0) is 30.5 Å². The summed E-state index contributed by atoms with van der Waals surface area (Å²) >= 11 is 0. The van der Waals surface area contributed by atoms with Crippen LogP contribution in [-0.4, -0.2) is 35.7 Å². The van der Waals surface area contributed by atoms with Crippen molar-refractivity contribution in [1.29, 1.82) is 0 Å². The standard InChI is InChI=1S/C18H24FN3O3/c1-12(2)18(25)22-9-7-14(8-10-22)17(24)21-20-16(23)11-13-3-5-15(19)6-4-13/h3-6,12,14H,7-11H2,1-2H3,(H,20,23)(H,21,24). The van der Waals surface area contributed by atoms with E-state index in [9.17, 15) is 18.8 Å². The van der Waals surface area contributed by atoms with Crippen molar-refractivity contribution in [3.8, 4) is 0 Å². The number of halogens is 1. The number of hydrogen-bond acceptors (Lipinski definition) is 3. The highest BCUT2D eigenvalue weighted by atomic mass is 19.1. The maximum atomic E-state index is 12.8. The van der Waals surface area contributed by atoms with E-state index in [1.165, 1.54) is 24.3 Å². The quantitative estimate of drug-likeness (QED) is 0.807. The minimum atomic E-state index is -0.368. The van der Waals surface area contributed by atoms with Crippen LogP contribution in [0.25, 0.3) is 0 Å². The van der Waals surface area contributed by atoms with E-state index < -0.39 is 0 Å². The van der Waals surface area contributed by atoms with E-state index in [1.54, 1.807) is 4.90 Å². The molecule has 1 aromatic carbocycles. The Balaban J connectivity index is 1.72. The van der Waals surface area contributed by atoms with E-state index in [2.05, 4.69) is 10.9 Å². The molecule has 1 aromatic rings. The van der Waals surface area contributed by atoms with Gasteiger partial charge in [0.25, 0.3) is 0 Å². The van der Waals surface area contributed by atoms with Gasteiger partial charge < -0.3 is 4.90 Å². The monoisotopic (exact) mass is 349 g/mol. The van der Waals surface area contributed by atoms with Gasteiger partial charge in [0.05, 0.1) is 6.42 Å². The summed E-state index contributed by atoms with van der Waals surface area (Å²) in [6.07, 6.45) is 1.22. The second-order valence-electron chi connectivity index (χ2n) is 6.59. The van der Waals surface area contributed by atoms with E-state index in [0.29, 0.717) is 31.5 Å². The number of carbonyl (C=O) groups is 3. The van der Waals surface area contributed by atoms with Crippen molar-refractivity contribution < 1.29 is 18.8 Å². The minimum absolute atomic E-state index is 0.0453. The number of nitrogens with one attached hydrogen (secondary N) is 2. The van der Waals surface area contributed by atoms with Crippen LogP contribution in [0.4, 0.5) is 4.39 Å². The van der Waals surface area contributed by atoms with Gasteiger partial charge in [0.1, 0.15) is 5.82 Å². The molecule has 0 aliphatic carbocycles. The van der Waals surface area contributed by atoms with Crippen LogP contribution < -0.4 is 10.9 Å². The number of piperidine rings is 1. The highest BCUT2D eigenvalue weighted by molar-refractivity contribution is 5.84. The molecule has 0 saturated carbocycles. The molecule has 0 aromatic heterocycles. The Kier molecular flexibility index (Phi) is 6.50. The Morgan fingerprint density at radius 2 is 1.72 bits per heavy atom. The lowest BCUT2D eigenvalue weighted by Gasteiger charge is -2.32. The van der Waals surface area contributed by atoms with Crippen molar-refractivity contribution in [2.45, 2.75) is 33.1 Å². The van der Waals surface area contributed by atoms with E-state index >= 15 is 0 Å². The molecule has 0 atom stereocenters. The Labute approximate surface area is 146 Å². The van der Waals surface area contributed by atoms with Crippen LogP contribution in [-0.2, 0) is 20.8 Å². The van der Waals surface area contributed by atoms with E-state index in [4.69, 9.17) is 0 Å². The second kappa shape index (κ2) is 8.60. The molecule has 1 fully saturated rings. The highest BCUT2D eigenvalue weighted by Gasteiger charge is 2.28. The molecule has 2 N–H and O–H groups in total. The third-order valence-electron chi connectivity index (χ3n) is 4.27. The lowest BCUT2D eigenvalue weighted by molar-refractivity contribution is -0.138. The third kappa shape index (κ3) is 5.55. The summed E-state index contributed by atoms with van der Waals surface area (Å²) in [5.41, 5.74) is 5.48. The molecule has 0 unspecified atom stereocenters. The molecule has 1 heterocycles. The number of amides is 3. The molecule has 0 bridgehead atoms. The molecular formula is C18H24FN3O3.